The number of hydrogen-bond donors (Lipinski definition) is 0. The van der Waals surface area contributed by atoms with E-state index in [1.807, 2.05) is 12.1 Å². The molecule has 0 aliphatic carbocycles. The molecule has 0 N–H and O–H groups in total. The first-order valence-corrected chi connectivity index (χ1v) is 8.30. The second kappa shape index (κ2) is 5.93. The van der Waals surface area contributed by atoms with Crippen LogP contribution in [0.15, 0.2) is 39.5 Å². The zero-order valence-electron chi connectivity index (χ0n) is 11.9. The van der Waals surface area contributed by atoms with Gasteiger partial charge in [-0.05, 0) is 23.8 Å². The zero-order valence-corrected chi connectivity index (χ0v) is 15.0. The predicted molar refractivity (Wildman–Crippen MR) is 93.7 cm³/mol. The average Bonchev–Trinajstić information content (AvgIpc) is 2.53. The Morgan fingerprint density at radius 2 is 1.86 bits per heavy atom. The number of para-hydroxylation sites is 1. The van der Waals surface area contributed by atoms with E-state index in [9.17, 15) is 4.79 Å². The van der Waals surface area contributed by atoms with Crippen LogP contribution in [0.3, 0.4) is 0 Å². The van der Waals surface area contributed by atoms with Gasteiger partial charge < -0.3 is 13.9 Å². The number of benzene rings is 2. The highest BCUT2D eigenvalue weighted by Gasteiger charge is 2.22. The van der Waals surface area contributed by atoms with E-state index < -0.39 is 0 Å². The standard InChI is InChI=1S/C16H12Br2O4/c1-20-11-7-9(16(17)18)12-13(19)8-5-3-4-6-10(8)22-15(12)14(11)21-2/h3-7,16H,1-2H3. The molecule has 1 heterocycles. The monoisotopic (exact) mass is 426 g/mol. The van der Waals surface area contributed by atoms with Gasteiger partial charge in [0.2, 0.25) is 11.2 Å². The average molecular weight is 428 g/mol. The molecular weight excluding hydrogens is 416 g/mol. The molecule has 114 valence electrons. The normalized spacial score (nSPS) is 11.3. The summed E-state index contributed by atoms with van der Waals surface area (Å²) in [5, 5.41) is 0.999. The highest BCUT2D eigenvalue weighted by atomic mass is 79.9. The summed E-state index contributed by atoms with van der Waals surface area (Å²) in [7, 11) is 3.07. The van der Waals surface area contributed by atoms with Gasteiger partial charge in [-0.2, -0.15) is 0 Å². The van der Waals surface area contributed by atoms with Gasteiger partial charge in [0, 0.05) is 0 Å². The third-order valence-electron chi connectivity index (χ3n) is 3.46. The van der Waals surface area contributed by atoms with Crippen LogP contribution in [0.25, 0.3) is 21.9 Å². The van der Waals surface area contributed by atoms with E-state index in [1.165, 1.54) is 7.11 Å². The molecule has 0 radical (unpaired) electrons. The maximum atomic E-state index is 12.9. The van der Waals surface area contributed by atoms with Crippen LogP contribution in [0.4, 0.5) is 0 Å². The minimum atomic E-state index is -0.216. The van der Waals surface area contributed by atoms with Gasteiger partial charge >= 0.3 is 0 Å². The Bertz CT molecular complexity index is 915. The predicted octanol–water partition coefficient (Wildman–Crippen LogP) is 4.75. The van der Waals surface area contributed by atoms with Gasteiger partial charge in [-0.3, -0.25) is 4.79 Å². The van der Waals surface area contributed by atoms with E-state index in [4.69, 9.17) is 13.9 Å². The molecule has 0 unspecified atom stereocenters. The van der Waals surface area contributed by atoms with E-state index >= 15 is 0 Å². The molecule has 0 bridgehead atoms. The molecule has 3 aromatic rings. The summed E-state index contributed by atoms with van der Waals surface area (Å²) in [4.78, 5) is 12.9. The van der Waals surface area contributed by atoms with Crippen LogP contribution >= 0.6 is 31.9 Å². The fraction of sp³-hybridized carbons (Fsp3) is 0.188. The van der Waals surface area contributed by atoms with Gasteiger partial charge in [0.15, 0.2) is 11.3 Å². The molecule has 4 nitrogen and oxygen atoms in total. The molecule has 0 spiro atoms. The Hall–Kier alpha value is -1.53. The summed E-state index contributed by atoms with van der Waals surface area (Å²) in [5.74, 6) is 0.914. The fourth-order valence-corrected chi connectivity index (χ4v) is 3.19. The quantitative estimate of drug-likeness (QED) is 0.447. The van der Waals surface area contributed by atoms with Crippen LogP contribution in [-0.4, -0.2) is 14.2 Å². The van der Waals surface area contributed by atoms with Gasteiger partial charge in [-0.15, -0.1) is 0 Å². The molecule has 0 fully saturated rings. The molecule has 0 saturated heterocycles. The third-order valence-corrected chi connectivity index (χ3v) is 4.45. The molecular formula is C16H12Br2O4. The van der Waals surface area contributed by atoms with E-state index in [0.29, 0.717) is 33.4 Å². The van der Waals surface area contributed by atoms with Gasteiger partial charge in [0.25, 0.3) is 0 Å². The molecule has 3 rings (SSSR count). The highest BCUT2D eigenvalue weighted by Crippen LogP contribution is 2.43. The van der Waals surface area contributed by atoms with Crippen LogP contribution in [0.2, 0.25) is 0 Å². The largest absolute Gasteiger partial charge is 0.493 e. The van der Waals surface area contributed by atoms with Crippen LogP contribution in [0.5, 0.6) is 11.5 Å². The minimum Gasteiger partial charge on any atom is -0.493 e. The van der Waals surface area contributed by atoms with Crippen molar-refractivity contribution in [2.75, 3.05) is 14.2 Å². The molecule has 0 aliphatic heterocycles. The van der Waals surface area contributed by atoms with Gasteiger partial charge in [-0.25, -0.2) is 0 Å². The van der Waals surface area contributed by atoms with Gasteiger partial charge in [0.05, 0.1) is 28.7 Å². The topological polar surface area (TPSA) is 48.7 Å². The molecule has 0 atom stereocenters. The van der Waals surface area contributed by atoms with Crippen LogP contribution in [0, 0.1) is 0 Å². The van der Waals surface area contributed by atoms with Crippen molar-refractivity contribution in [2.24, 2.45) is 0 Å². The Labute approximate surface area is 143 Å². The fourth-order valence-electron chi connectivity index (χ4n) is 2.47. The SMILES string of the molecule is COc1cc(C(Br)Br)c2c(=O)c3ccccc3oc2c1OC. The second-order valence-electron chi connectivity index (χ2n) is 4.63. The highest BCUT2D eigenvalue weighted by molar-refractivity contribution is 9.24. The first-order chi connectivity index (χ1) is 10.6. The van der Waals surface area contributed by atoms with E-state index in [0.717, 1.165) is 5.56 Å². The van der Waals surface area contributed by atoms with Crippen LogP contribution < -0.4 is 14.9 Å². The van der Waals surface area contributed by atoms with Crippen molar-refractivity contribution in [3.8, 4) is 11.5 Å². The Balaban J connectivity index is 2.61. The van der Waals surface area contributed by atoms with Crippen molar-refractivity contribution in [2.45, 2.75) is 3.74 Å². The summed E-state index contributed by atoms with van der Waals surface area (Å²) in [6.07, 6.45) is 0. The van der Waals surface area contributed by atoms with Crippen molar-refractivity contribution < 1.29 is 13.9 Å². The summed E-state index contributed by atoms with van der Waals surface area (Å²) in [6, 6.07) is 8.90. The van der Waals surface area contributed by atoms with Crippen molar-refractivity contribution >= 4 is 53.8 Å². The lowest BCUT2D eigenvalue weighted by Gasteiger charge is -2.14. The maximum absolute atomic E-state index is 12.9. The number of methoxy groups -OCH3 is 2. The number of rotatable bonds is 3. The second-order valence-corrected chi connectivity index (χ2v) is 7.69. The number of alkyl halides is 2. The number of halogens is 2. The summed E-state index contributed by atoms with van der Waals surface area (Å²) >= 11 is 6.90. The van der Waals surface area contributed by atoms with Crippen molar-refractivity contribution in [3.05, 3.63) is 46.1 Å². The molecule has 0 aliphatic rings. The Morgan fingerprint density at radius 3 is 2.50 bits per heavy atom. The third kappa shape index (κ3) is 2.30. The first-order valence-electron chi connectivity index (χ1n) is 6.47. The molecule has 1 aromatic heterocycles. The molecule has 0 saturated carbocycles. The van der Waals surface area contributed by atoms with Crippen molar-refractivity contribution in [1.29, 1.82) is 0 Å². The van der Waals surface area contributed by atoms with E-state index in [-0.39, 0.29) is 9.17 Å². The van der Waals surface area contributed by atoms with Crippen molar-refractivity contribution in [1.82, 2.24) is 0 Å². The van der Waals surface area contributed by atoms with Crippen LogP contribution in [0.1, 0.15) is 9.30 Å². The lowest BCUT2D eigenvalue weighted by Crippen LogP contribution is -2.07. The minimum absolute atomic E-state index is 0.100. The maximum Gasteiger partial charge on any atom is 0.204 e. The molecule has 0 amide bonds. The van der Waals surface area contributed by atoms with Crippen molar-refractivity contribution in [3.63, 3.8) is 0 Å². The van der Waals surface area contributed by atoms with Crippen LogP contribution in [-0.2, 0) is 0 Å². The van der Waals surface area contributed by atoms with E-state index in [2.05, 4.69) is 31.9 Å². The summed E-state index contributed by atoms with van der Waals surface area (Å²) in [6.45, 7) is 0. The first kappa shape index (κ1) is 15.4. The molecule has 22 heavy (non-hydrogen) atoms. The smallest absolute Gasteiger partial charge is 0.204 e. The lowest BCUT2D eigenvalue weighted by molar-refractivity contribution is 0.353. The number of ether oxygens (including phenoxy) is 2. The summed E-state index contributed by atoms with van der Waals surface area (Å²) in [5.41, 5.74) is 1.52. The number of fused-ring (bicyclic) bond motifs is 2. The van der Waals surface area contributed by atoms with E-state index in [1.54, 1.807) is 25.3 Å². The molecule has 6 heteroatoms. The van der Waals surface area contributed by atoms with Gasteiger partial charge in [0.1, 0.15) is 5.58 Å². The molecule has 2 aromatic carbocycles. The summed E-state index contributed by atoms with van der Waals surface area (Å²) < 4.78 is 16.5. The lowest BCUT2D eigenvalue weighted by atomic mass is 10.1. The number of hydrogen-bond acceptors (Lipinski definition) is 4. The Morgan fingerprint density at radius 1 is 1.14 bits per heavy atom. The zero-order chi connectivity index (χ0) is 15.9. The Kier molecular flexibility index (Phi) is 4.14. The van der Waals surface area contributed by atoms with Gasteiger partial charge in [-0.1, -0.05) is 44.0 Å².